The molecular formula is C18H23ClN2O. The number of hydrogen-bond donors (Lipinski definition) is 2. The largest absolute Gasteiger partial charge is 0.399 e. The van der Waals surface area contributed by atoms with Gasteiger partial charge in [-0.25, -0.2) is 0 Å². The first-order chi connectivity index (χ1) is 10.1. The number of nitrogens with two attached hydrogens (primary N) is 1. The Labute approximate surface area is 138 Å². The third-order valence-electron chi connectivity index (χ3n) is 3.59. The Morgan fingerprint density at radius 3 is 2.50 bits per heavy atom. The quantitative estimate of drug-likeness (QED) is 0.809. The number of amides is 1. The lowest BCUT2D eigenvalue weighted by atomic mass is 10.0. The smallest absolute Gasteiger partial charge is 0.252 e. The zero-order chi connectivity index (χ0) is 15.2. The topological polar surface area (TPSA) is 55.1 Å². The van der Waals surface area contributed by atoms with Crippen LogP contribution in [0.25, 0.3) is 0 Å². The van der Waals surface area contributed by atoms with Crippen molar-refractivity contribution in [2.24, 2.45) is 0 Å². The van der Waals surface area contributed by atoms with Gasteiger partial charge >= 0.3 is 0 Å². The van der Waals surface area contributed by atoms with Crippen molar-refractivity contribution in [1.29, 1.82) is 0 Å². The van der Waals surface area contributed by atoms with E-state index in [2.05, 4.69) is 12.2 Å². The molecule has 0 aromatic heterocycles. The van der Waals surface area contributed by atoms with Crippen molar-refractivity contribution >= 4 is 24.0 Å². The Balaban J connectivity index is 0.00000242. The van der Waals surface area contributed by atoms with Gasteiger partial charge in [0, 0.05) is 11.3 Å². The van der Waals surface area contributed by atoms with Crippen LogP contribution in [-0.2, 0) is 0 Å². The lowest BCUT2D eigenvalue weighted by Crippen LogP contribution is -2.29. The molecule has 1 atom stereocenters. The number of nitrogen functional groups attached to an aromatic ring is 1. The Kier molecular flexibility index (Phi) is 6.93. The summed E-state index contributed by atoms with van der Waals surface area (Å²) in [4.78, 5) is 12.5. The summed E-state index contributed by atoms with van der Waals surface area (Å²) in [6.07, 6.45) is 1.92. The van der Waals surface area contributed by atoms with Gasteiger partial charge in [-0.3, -0.25) is 4.79 Å². The van der Waals surface area contributed by atoms with Crippen molar-refractivity contribution < 1.29 is 4.79 Å². The molecule has 2 aromatic carbocycles. The van der Waals surface area contributed by atoms with E-state index in [1.165, 1.54) is 0 Å². The van der Waals surface area contributed by atoms with Crippen molar-refractivity contribution in [3.8, 4) is 0 Å². The molecule has 0 aliphatic carbocycles. The molecule has 0 aliphatic rings. The normalized spacial score (nSPS) is 11.4. The number of halogens is 1. The van der Waals surface area contributed by atoms with E-state index in [9.17, 15) is 4.79 Å². The molecule has 0 heterocycles. The van der Waals surface area contributed by atoms with Crippen LogP contribution in [0.5, 0.6) is 0 Å². The van der Waals surface area contributed by atoms with E-state index < -0.39 is 0 Å². The highest BCUT2D eigenvalue weighted by molar-refractivity contribution is 5.96. The van der Waals surface area contributed by atoms with Gasteiger partial charge in [-0.1, -0.05) is 49.7 Å². The third kappa shape index (κ3) is 4.50. The van der Waals surface area contributed by atoms with Crippen LogP contribution in [0.4, 0.5) is 5.69 Å². The molecular weight excluding hydrogens is 296 g/mol. The summed E-state index contributed by atoms with van der Waals surface area (Å²) in [5.41, 5.74) is 9.11. The summed E-state index contributed by atoms with van der Waals surface area (Å²) in [6.45, 7) is 4.04. The average molecular weight is 319 g/mol. The molecule has 0 fully saturated rings. The first kappa shape index (κ1) is 18.1. The summed E-state index contributed by atoms with van der Waals surface area (Å²) in [6, 6.07) is 15.5. The van der Waals surface area contributed by atoms with Crippen molar-refractivity contribution in [3.05, 3.63) is 65.2 Å². The molecule has 2 rings (SSSR count). The predicted molar refractivity (Wildman–Crippen MR) is 94.4 cm³/mol. The van der Waals surface area contributed by atoms with E-state index in [0.29, 0.717) is 11.3 Å². The van der Waals surface area contributed by atoms with Gasteiger partial charge in [-0.05, 0) is 36.6 Å². The maximum absolute atomic E-state index is 12.5. The third-order valence-corrected chi connectivity index (χ3v) is 3.59. The molecule has 118 valence electrons. The Morgan fingerprint density at radius 1 is 1.18 bits per heavy atom. The number of carbonyl (C=O) groups excluding carboxylic acids is 1. The number of benzene rings is 2. The Hall–Kier alpha value is -2.00. The van der Waals surface area contributed by atoms with Crippen molar-refractivity contribution in [2.45, 2.75) is 32.7 Å². The maximum Gasteiger partial charge on any atom is 0.252 e. The molecule has 4 heteroatoms. The van der Waals surface area contributed by atoms with Crippen LogP contribution in [0.15, 0.2) is 48.5 Å². The van der Waals surface area contributed by atoms with Gasteiger partial charge in [0.2, 0.25) is 0 Å². The summed E-state index contributed by atoms with van der Waals surface area (Å²) < 4.78 is 0. The van der Waals surface area contributed by atoms with Crippen molar-refractivity contribution in [1.82, 2.24) is 5.32 Å². The predicted octanol–water partition coefficient (Wildman–Crippen LogP) is 4.27. The zero-order valence-corrected chi connectivity index (χ0v) is 13.8. The molecule has 1 unspecified atom stereocenters. The molecule has 0 radical (unpaired) electrons. The van der Waals surface area contributed by atoms with Gasteiger partial charge < -0.3 is 11.1 Å². The molecule has 0 spiro atoms. The van der Waals surface area contributed by atoms with Crippen molar-refractivity contribution in [2.75, 3.05) is 5.73 Å². The van der Waals surface area contributed by atoms with E-state index in [4.69, 9.17) is 5.73 Å². The van der Waals surface area contributed by atoms with Crippen LogP contribution >= 0.6 is 12.4 Å². The fraction of sp³-hybridized carbons (Fsp3) is 0.278. The highest BCUT2D eigenvalue weighted by atomic mass is 35.5. The van der Waals surface area contributed by atoms with Gasteiger partial charge in [0.15, 0.2) is 0 Å². The van der Waals surface area contributed by atoms with E-state index in [1.807, 2.05) is 49.4 Å². The number of hydrogen-bond acceptors (Lipinski definition) is 2. The summed E-state index contributed by atoms with van der Waals surface area (Å²) in [7, 11) is 0. The number of carbonyl (C=O) groups is 1. The molecule has 1 amide bonds. The van der Waals surface area contributed by atoms with Crippen LogP contribution < -0.4 is 11.1 Å². The van der Waals surface area contributed by atoms with Crippen LogP contribution in [0.3, 0.4) is 0 Å². The monoisotopic (exact) mass is 318 g/mol. The number of anilines is 1. The Morgan fingerprint density at radius 2 is 1.86 bits per heavy atom. The van der Waals surface area contributed by atoms with Crippen LogP contribution in [-0.4, -0.2) is 5.91 Å². The fourth-order valence-electron chi connectivity index (χ4n) is 2.42. The lowest BCUT2D eigenvalue weighted by Gasteiger charge is -2.19. The number of aryl methyl sites for hydroxylation is 1. The van der Waals surface area contributed by atoms with Gasteiger partial charge in [0.25, 0.3) is 5.91 Å². The van der Waals surface area contributed by atoms with E-state index in [0.717, 1.165) is 24.0 Å². The van der Waals surface area contributed by atoms with Crippen LogP contribution in [0, 0.1) is 6.92 Å². The summed E-state index contributed by atoms with van der Waals surface area (Å²) >= 11 is 0. The van der Waals surface area contributed by atoms with Crippen molar-refractivity contribution in [3.63, 3.8) is 0 Å². The minimum absolute atomic E-state index is 0. The van der Waals surface area contributed by atoms with Crippen LogP contribution in [0.2, 0.25) is 0 Å². The molecule has 3 nitrogen and oxygen atoms in total. The van der Waals surface area contributed by atoms with E-state index >= 15 is 0 Å². The SMILES string of the molecule is CCCC(NC(=O)c1cc(N)ccc1C)c1ccccc1.Cl. The van der Waals surface area contributed by atoms with Gasteiger partial charge in [-0.2, -0.15) is 0 Å². The molecule has 22 heavy (non-hydrogen) atoms. The highest BCUT2D eigenvalue weighted by Gasteiger charge is 2.16. The summed E-state index contributed by atoms with van der Waals surface area (Å²) in [5, 5.41) is 3.12. The summed E-state index contributed by atoms with van der Waals surface area (Å²) in [5.74, 6) is -0.0675. The zero-order valence-electron chi connectivity index (χ0n) is 13.0. The minimum Gasteiger partial charge on any atom is -0.399 e. The number of nitrogens with one attached hydrogen (secondary N) is 1. The second-order valence-corrected chi connectivity index (χ2v) is 5.30. The lowest BCUT2D eigenvalue weighted by molar-refractivity contribution is 0.0934. The molecule has 3 N–H and O–H groups in total. The molecule has 0 aliphatic heterocycles. The molecule has 0 bridgehead atoms. The first-order valence-electron chi connectivity index (χ1n) is 7.33. The Bertz CT molecular complexity index is 614. The number of rotatable bonds is 5. The van der Waals surface area contributed by atoms with Gasteiger partial charge in [0.05, 0.1) is 6.04 Å². The minimum atomic E-state index is -0.0675. The van der Waals surface area contributed by atoms with Crippen LogP contribution in [0.1, 0.15) is 47.3 Å². The van der Waals surface area contributed by atoms with Gasteiger partial charge in [-0.15, -0.1) is 12.4 Å². The highest BCUT2D eigenvalue weighted by Crippen LogP contribution is 2.20. The standard InChI is InChI=1S/C18H22N2O.ClH/c1-3-7-17(14-8-5-4-6-9-14)20-18(21)16-12-15(19)11-10-13(16)2;/h4-6,8-12,17H,3,7,19H2,1-2H3,(H,20,21);1H. The molecule has 0 saturated heterocycles. The second-order valence-electron chi connectivity index (χ2n) is 5.30. The van der Waals surface area contributed by atoms with Gasteiger partial charge in [0.1, 0.15) is 0 Å². The first-order valence-corrected chi connectivity index (χ1v) is 7.33. The fourth-order valence-corrected chi connectivity index (χ4v) is 2.42. The molecule has 2 aromatic rings. The average Bonchev–Trinajstić information content (AvgIpc) is 2.50. The second kappa shape index (κ2) is 8.44. The van der Waals surface area contributed by atoms with E-state index in [-0.39, 0.29) is 24.4 Å². The molecule has 0 saturated carbocycles. The van der Waals surface area contributed by atoms with E-state index in [1.54, 1.807) is 6.07 Å². The maximum atomic E-state index is 12.5.